The molecule has 0 amide bonds. The SMILES string of the molecule is NC1CC(C2CCC3OCCOC3C2)NC2CCNCC12. The Hall–Kier alpha value is -0.200. The minimum Gasteiger partial charge on any atom is -0.373 e. The number of piperidine rings is 2. The first-order valence-corrected chi connectivity index (χ1v) is 8.77. The van der Waals surface area contributed by atoms with Gasteiger partial charge in [-0.3, -0.25) is 0 Å². The smallest absolute Gasteiger partial charge is 0.0841 e. The molecule has 7 unspecified atom stereocenters. The van der Waals surface area contributed by atoms with Crippen LogP contribution in [0.4, 0.5) is 0 Å². The summed E-state index contributed by atoms with van der Waals surface area (Å²) in [6.07, 6.45) is 6.55. The van der Waals surface area contributed by atoms with E-state index in [4.69, 9.17) is 15.2 Å². The standard InChI is InChI=1S/C16H29N3O2/c17-12-8-14(19-13-3-4-18-9-11(12)13)10-1-2-15-16(7-10)21-6-5-20-15/h10-16,18-19H,1-9,17H2. The molecule has 3 heterocycles. The first-order chi connectivity index (χ1) is 10.3. The summed E-state index contributed by atoms with van der Waals surface area (Å²) in [6.45, 7) is 3.74. The largest absolute Gasteiger partial charge is 0.373 e. The third-order valence-corrected chi connectivity index (χ3v) is 6.12. The van der Waals surface area contributed by atoms with Crippen LogP contribution in [-0.4, -0.2) is 56.6 Å². The number of nitrogens with two attached hydrogens (primary N) is 1. The number of fused-ring (bicyclic) bond motifs is 2. The molecule has 5 nitrogen and oxygen atoms in total. The molecule has 0 aromatic rings. The molecule has 4 N–H and O–H groups in total. The van der Waals surface area contributed by atoms with E-state index in [1.54, 1.807) is 0 Å². The van der Waals surface area contributed by atoms with Crippen molar-refractivity contribution in [1.29, 1.82) is 0 Å². The van der Waals surface area contributed by atoms with Crippen molar-refractivity contribution in [2.24, 2.45) is 17.6 Å². The summed E-state index contributed by atoms with van der Waals surface area (Å²) in [7, 11) is 0. The fourth-order valence-corrected chi connectivity index (χ4v) is 4.94. The van der Waals surface area contributed by atoms with Crippen molar-refractivity contribution in [3.05, 3.63) is 0 Å². The monoisotopic (exact) mass is 295 g/mol. The van der Waals surface area contributed by atoms with Gasteiger partial charge in [0.2, 0.25) is 0 Å². The van der Waals surface area contributed by atoms with Gasteiger partial charge in [-0.15, -0.1) is 0 Å². The van der Waals surface area contributed by atoms with Gasteiger partial charge in [-0.05, 0) is 44.6 Å². The Bertz CT molecular complexity index is 367. The molecule has 1 saturated carbocycles. The van der Waals surface area contributed by atoms with E-state index in [0.717, 1.165) is 45.6 Å². The van der Waals surface area contributed by atoms with Crippen LogP contribution in [0.5, 0.6) is 0 Å². The maximum Gasteiger partial charge on any atom is 0.0841 e. The zero-order valence-electron chi connectivity index (χ0n) is 12.8. The molecule has 5 heteroatoms. The molecule has 3 saturated heterocycles. The van der Waals surface area contributed by atoms with E-state index >= 15 is 0 Å². The molecule has 7 atom stereocenters. The molecule has 3 aliphatic heterocycles. The van der Waals surface area contributed by atoms with Gasteiger partial charge in [0.25, 0.3) is 0 Å². The fourth-order valence-electron chi connectivity index (χ4n) is 4.94. The zero-order chi connectivity index (χ0) is 14.2. The predicted molar refractivity (Wildman–Crippen MR) is 81.1 cm³/mol. The summed E-state index contributed by atoms with van der Waals surface area (Å²) in [5, 5.41) is 7.42. The highest BCUT2D eigenvalue weighted by molar-refractivity contribution is 5.00. The number of hydrogen-bond donors (Lipinski definition) is 3. The van der Waals surface area contributed by atoms with Crippen LogP contribution in [-0.2, 0) is 9.47 Å². The van der Waals surface area contributed by atoms with Crippen LogP contribution >= 0.6 is 0 Å². The van der Waals surface area contributed by atoms with Gasteiger partial charge >= 0.3 is 0 Å². The van der Waals surface area contributed by atoms with Crippen LogP contribution < -0.4 is 16.4 Å². The van der Waals surface area contributed by atoms with Crippen LogP contribution in [0.1, 0.15) is 32.1 Å². The number of hydrogen-bond acceptors (Lipinski definition) is 5. The van der Waals surface area contributed by atoms with Crippen molar-refractivity contribution in [3.8, 4) is 0 Å². The van der Waals surface area contributed by atoms with E-state index in [2.05, 4.69) is 10.6 Å². The number of ether oxygens (including phenoxy) is 2. The number of rotatable bonds is 1. The normalized spacial score (nSPS) is 51.0. The molecule has 4 fully saturated rings. The van der Waals surface area contributed by atoms with Crippen molar-refractivity contribution in [2.75, 3.05) is 26.3 Å². The van der Waals surface area contributed by atoms with E-state index in [-0.39, 0.29) is 0 Å². The van der Waals surface area contributed by atoms with Gasteiger partial charge in [0.1, 0.15) is 0 Å². The third kappa shape index (κ3) is 2.86. The van der Waals surface area contributed by atoms with Crippen molar-refractivity contribution < 1.29 is 9.47 Å². The molecular weight excluding hydrogens is 266 g/mol. The first-order valence-electron chi connectivity index (χ1n) is 8.77. The van der Waals surface area contributed by atoms with Gasteiger partial charge in [0, 0.05) is 30.6 Å². The summed E-state index contributed by atoms with van der Waals surface area (Å²) in [5.74, 6) is 1.32. The van der Waals surface area contributed by atoms with Crippen molar-refractivity contribution >= 4 is 0 Å². The van der Waals surface area contributed by atoms with Gasteiger partial charge in [0.05, 0.1) is 25.4 Å². The third-order valence-electron chi connectivity index (χ3n) is 6.12. The van der Waals surface area contributed by atoms with Gasteiger partial charge in [-0.25, -0.2) is 0 Å². The lowest BCUT2D eigenvalue weighted by Crippen LogP contribution is -2.64. The van der Waals surface area contributed by atoms with Crippen molar-refractivity contribution in [1.82, 2.24) is 10.6 Å². The van der Waals surface area contributed by atoms with Crippen molar-refractivity contribution in [2.45, 2.75) is 62.4 Å². The lowest BCUT2D eigenvalue weighted by molar-refractivity contribution is -0.164. The Morgan fingerprint density at radius 2 is 1.76 bits per heavy atom. The Balaban J connectivity index is 1.39. The fraction of sp³-hybridized carbons (Fsp3) is 1.00. The Morgan fingerprint density at radius 3 is 2.67 bits per heavy atom. The topological polar surface area (TPSA) is 68.5 Å². The van der Waals surface area contributed by atoms with E-state index in [9.17, 15) is 0 Å². The first kappa shape index (κ1) is 14.4. The summed E-state index contributed by atoms with van der Waals surface area (Å²) in [5.41, 5.74) is 6.48. The molecule has 0 aromatic carbocycles. The predicted octanol–water partition coefficient (Wildman–Crippen LogP) is 0.238. The van der Waals surface area contributed by atoms with Gasteiger partial charge < -0.3 is 25.8 Å². The lowest BCUT2D eigenvalue weighted by Gasteiger charge is -2.49. The minimum atomic E-state index is 0.321. The van der Waals surface area contributed by atoms with Crippen LogP contribution in [0.3, 0.4) is 0 Å². The molecule has 0 spiro atoms. The second kappa shape index (κ2) is 6.13. The van der Waals surface area contributed by atoms with E-state index < -0.39 is 0 Å². The second-order valence-corrected chi connectivity index (χ2v) is 7.33. The maximum absolute atomic E-state index is 6.48. The maximum atomic E-state index is 6.48. The average molecular weight is 295 g/mol. The molecule has 4 rings (SSSR count). The average Bonchev–Trinajstić information content (AvgIpc) is 2.54. The van der Waals surface area contributed by atoms with Crippen LogP contribution in [0.2, 0.25) is 0 Å². The Labute approximate surface area is 127 Å². The van der Waals surface area contributed by atoms with E-state index in [1.165, 1.54) is 12.8 Å². The highest BCUT2D eigenvalue weighted by atomic mass is 16.6. The molecule has 0 bridgehead atoms. The van der Waals surface area contributed by atoms with Gasteiger partial charge in [-0.1, -0.05) is 0 Å². The Morgan fingerprint density at radius 1 is 0.905 bits per heavy atom. The second-order valence-electron chi connectivity index (χ2n) is 7.33. The summed E-state index contributed by atoms with van der Waals surface area (Å²) >= 11 is 0. The molecule has 120 valence electrons. The number of nitrogens with one attached hydrogen (secondary N) is 2. The van der Waals surface area contributed by atoms with Crippen LogP contribution in [0.15, 0.2) is 0 Å². The van der Waals surface area contributed by atoms with Crippen LogP contribution in [0, 0.1) is 11.8 Å². The quantitative estimate of drug-likeness (QED) is 0.646. The molecule has 1 aliphatic carbocycles. The minimum absolute atomic E-state index is 0.321. The van der Waals surface area contributed by atoms with E-state index in [0.29, 0.717) is 42.2 Å². The molecule has 4 aliphatic rings. The highest BCUT2D eigenvalue weighted by Gasteiger charge is 2.42. The lowest BCUT2D eigenvalue weighted by atomic mass is 9.72. The zero-order valence-corrected chi connectivity index (χ0v) is 12.8. The van der Waals surface area contributed by atoms with E-state index in [1.807, 2.05) is 0 Å². The Kier molecular flexibility index (Phi) is 4.20. The summed E-state index contributed by atoms with van der Waals surface area (Å²) in [4.78, 5) is 0. The van der Waals surface area contributed by atoms with Crippen LogP contribution in [0.25, 0.3) is 0 Å². The highest BCUT2D eigenvalue weighted by Crippen LogP contribution is 2.36. The van der Waals surface area contributed by atoms with Crippen molar-refractivity contribution in [3.63, 3.8) is 0 Å². The summed E-state index contributed by atoms with van der Waals surface area (Å²) < 4.78 is 11.8. The summed E-state index contributed by atoms with van der Waals surface area (Å²) in [6, 6.07) is 1.53. The molecular formula is C16H29N3O2. The van der Waals surface area contributed by atoms with Gasteiger partial charge in [0.15, 0.2) is 0 Å². The molecule has 21 heavy (non-hydrogen) atoms. The molecule has 0 radical (unpaired) electrons. The molecule has 0 aromatic heterocycles. The van der Waals surface area contributed by atoms with Gasteiger partial charge in [-0.2, -0.15) is 0 Å².